The van der Waals surface area contributed by atoms with Crippen molar-refractivity contribution in [3.63, 3.8) is 0 Å². The van der Waals surface area contributed by atoms with Gasteiger partial charge in [-0.25, -0.2) is 0 Å². The van der Waals surface area contributed by atoms with Crippen LogP contribution >= 0.6 is 0 Å². The molecule has 0 atom stereocenters. The number of aryl methyl sites for hydroxylation is 3. The molecule has 0 aliphatic heterocycles. The van der Waals surface area contributed by atoms with Crippen LogP contribution in [0.4, 0.5) is 23.1 Å². The largest absolute Gasteiger partial charge is 0.497 e. The van der Waals surface area contributed by atoms with Crippen LogP contribution < -0.4 is 15.4 Å². The molecule has 0 saturated heterocycles. The van der Waals surface area contributed by atoms with Crippen LogP contribution in [0.2, 0.25) is 0 Å². The van der Waals surface area contributed by atoms with E-state index in [0.29, 0.717) is 11.8 Å². The maximum absolute atomic E-state index is 5.29. The predicted molar refractivity (Wildman–Crippen MR) is 112 cm³/mol. The topological polar surface area (TPSA) is 76.9 Å². The van der Waals surface area contributed by atoms with Crippen molar-refractivity contribution in [2.75, 3.05) is 17.7 Å². The third-order valence-electron chi connectivity index (χ3n) is 4.69. The van der Waals surface area contributed by atoms with E-state index in [0.717, 1.165) is 28.2 Å². The van der Waals surface area contributed by atoms with Crippen LogP contribution in [0.25, 0.3) is 11.0 Å². The molecule has 2 N–H and O–H groups in total. The molecule has 0 aliphatic carbocycles. The fraction of sp³-hybridized carbons (Fsp3) is 0.190. The highest BCUT2D eigenvalue weighted by Crippen LogP contribution is 2.27. The van der Waals surface area contributed by atoms with Crippen molar-refractivity contribution in [1.29, 1.82) is 0 Å². The van der Waals surface area contributed by atoms with Crippen LogP contribution in [0.1, 0.15) is 11.1 Å². The number of aromatic nitrogens is 4. The Morgan fingerprint density at radius 1 is 0.929 bits per heavy atom. The van der Waals surface area contributed by atoms with Crippen LogP contribution in [-0.2, 0) is 7.05 Å². The van der Waals surface area contributed by atoms with Gasteiger partial charge in [0.25, 0.3) is 0 Å². The monoisotopic (exact) mass is 374 g/mol. The molecule has 2 aromatic heterocycles. The summed E-state index contributed by atoms with van der Waals surface area (Å²) in [5.74, 6) is 1.95. The van der Waals surface area contributed by atoms with Crippen molar-refractivity contribution in [2.45, 2.75) is 13.8 Å². The van der Waals surface area contributed by atoms with Gasteiger partial charge in [0.05, 0.1) is 18.7 Å². The molecule has 7 heteroatoms. The van der Waals surface area contributed by atoms with Crippen molar-refractivity contribution in [2.24, 2.45) is 7.05 Å². The summed E-state index contributed by atoms with van der Waals surface area (Å²) in [5, 5.41) is 11.8. The first-order valence-electron chi connectivity index (χ1n) is 8.98. The van der Waals surface area contributed by atoms with Gasteiger partial charge < -0.3 is 15.4 Å². The van der Waals surface area contributed by atoms with E-state index in [-0.39, 0.29) is 0 Å². The quantitative estimate of drug-likeness (QED) is 0.536. The first-order chi connectivity index (χ1) is 13.5. The zero-order valence-electron chi connectivity index (χ0n) is 16.3. The number of methoxy groups -OCH3 is 1. The molecule has 2 aromatic carbocycles. The van der Waals surface area contributed by atoms with Crippen LogP contribution in [-0.4, -0.2) is 26.9 Å². The number of nitrogens with zero attached hydrogens (tertiary/aromatic N) is 4. The molecular weight excluding hydrogens is 352 g/mol. The van der Waals surface area contributed by atoms with Crippen LogP contribution in [0.3, 0.4) is 0 Å². The molecule has 0 spiro atoms. The van der Waals surface area contributed by atoms with Gasteiger partial charge in [-0.2, -0.15) is 15.1 Å². The van der Waals surface area contributed by atoms with E-state index in [1.807, 2.05) is 37.4 Å². The standard InChI is InChI=1S/C21H22N6O/c1-13-8-9-16(10-14(13)2)23-19-18-12-22-27(3)20(18)26-21(25-19)24-15-6-5-7-17(11-15)28-4/h5-12H,1-4H3,(H2,23,24,25,26). The molecule has 142 valence electrons. The minimum Gasteiger partial charge on any atom is -0.497 e. The van der Waals surface area contributed by atoms with E-state index < -0.39 is 0 Å². The number of anilines is 4. The Morgan fingerprint density at radius 3 is 2.54 bits per heavy atom. The molecule has 4 rings (SSSR count). The van der Waals surface area contributed by atoms with Gasteiger partial charge in [-0.15, -0.1) is 0 Å². The highest BCUT2D eigenvalue weighted by Gasteiger charge is 2.13. The summed E-state index contributed by atoms with van der Waals surface area (Å²) >= 11 is 0. The second-order valence-electron chi connectivity index (χ2n) is 6.68. The van der Waals surface area contributed by atoms with E-state index in [2.05, 4.69) is 51.7 Å². The van der Waals surface area contributed by atoms with E-state index >= 15 is 0 Å². The number of hydrogen-bond acceptors (Lipinski definition) is 6. The lowest BCUT2D eigenvalue weighted by molar-refractivity contribution is 0.415. The van der Waals surface area contributed by atoms with Gasteiger partial charge in [0.2, 0.25) is 5.95 Å². The van der Waals surface area contributed by atoms with E-state index in [4.69, 9.17) is 4.74 Å². The van der Waals surface area contributed by atoms with Crippen LogP contribution in [0.15, 0.2) is 48.7 Å². The molecule has 0 bridgehead atoms. The van der Waals surface area contributed by atoms with E-state index in [1.54, 1.807) is 18.0 Å². The molecule has 0 fully saturated rings. The lowest BCUT2D eigenvalue weighted by Gasteiger charge is -2.12. The summed E-state index contributed by atoms with van der Waals surface area (Å²) < 4.78 is 7.02. The summed E-state index contributed by atoms with van der Waals surface area (Å²) in [7, 11) is 3.51. The molecule has 0 radical (unpaired) electrons. The molecule has 2 heterocycles. The fourth-order valence-electron chi connectivity index (χ4n) is 2.96. The van der Waals surface area contributed by atoms with Crippen molar-refractivity contribution in [1.82, 2.24) is 19.7 Å². The Morgan fingerprint density at radius 2 is 1.75 bits per heavy atom. The third-order valence-corrected chi connectivity index (χ3v) is 4.69. The first-order valence-corrected chi connectivity index (χ1v) is 8.98. The first kappa shape index (κ1) is 17.8. The summed E-state index contributed by atoms with van der Waals surface area (Å²) in [4.78, 5) is 9.30. The maximum Gasteiger partial charge on any atom is 0.231 e. The molecule has 0 amide bonds. The minimum absolute atomic E-state index is 0.482. The third kappa shape index (κ3) is 3.46. The Balaban J connectivity index is 1.73. The molecule has 0 unspecified atom stereocenters. The molecule has 28 heavy (non-hydrogen) atoms. The Hall–Kier alpha value is -3.61. The second-order valence-corrected chi connectivity index (χ2v) is 6.68. The Bertz CT molecular complexity index is 1150. The van der Waals surface area contributed by atoms with Crippen molar-refractivity contribution in [3.8, 4) is 5.75 Å². The van der Waals surface area contributed by atoms with Gasteiger partial charge >= 0.3 is 0 Å². The molecular formula is C21H22N6O. The summed E-state index contributed by atoms with van der Waals surface area (Å²) in [6.07, 6.45) is 1.77. The van der Waals surface area contributed by atoms with Gasteiger partial charge in [-0.05, 0) is 49.2 Å². The van der Waals surface area contributed by atoms with Crippen LogP contribution in [0, 0.1) is 13.8 Å². The zero-order chi connectivity index (χ0) is 19.7. The average molecular weight is 374 g/mol. The Kier molecular flexibility index (Phi) is 4.57. The smallest absolute Gasteiger partial charge is 0.231 e. The van der Waals surface area contributed by atoms with Gasteiger partial charge in [-0.3, -0.25) is 4.68 Å². The molecule has 7 nitrogen and oxygen atoms in total. The zero-order valence-corrected chi connectivity index (χ0v) is 16.3. The highest BCUT2D eigenvalue weighted by molar-refractivity contribution is 5.89. The van der Waals surface area contributed by atoms with Crippen LogP contribution in [0.5, 0.6) is 5.75 Å². The summed E-state index contributed by atoms with van der Waals surface area (Å²) in [5.41, 5.74) is 5.03. The van der Waals surface area contributed by atoms with E-state index in [9.17, 15) is 0 Å². The second kappa shape index (κ2) is 7.19. The lowest BCUT2D eigenvalue weighted by atomic mass is 10.1. The molecule has 4 aromatic rings. The van der Waals surface area contributed by atoms with E-state index in [1.165, 1.54) is 11.1 Å². The highest BCUT2D eigenvalue weighted by atomic mass is 16.5. The minimum atomic E-state index is 0.482. The summed E-state index contributed by atoms with van der Waals surface area (Å²) in [6, 6.07) is 13.9. The Labute approximate surface area is 163 Å². The average Bonchev–Trinajstić information content (AvgIpc) is 3.06. The van der Waals surface area contributed by atoms with Gasteiger partial charge in [0, 0.05) is 24.5 Å². The number of fused-ring (bicyclic) bond motifs is 1. The predicted octanol–water partition coefficient (Wildman–Crippen LogP) is 4.48. The maximum atomic E-state index is 5.29. The SMILES string of the molecule is COc1cccc(Nc2nc(Nc3ccc(C)c(C)c3)c3cnn(C)c3n2)c1. The van der Waals surface area contributed by atoms with Crippen molar-refractivity contribution in [3.05, 3.63) is 59.8 Å². The lowest BCUT2D eigenvalue weighted by Crippen LogP contribution is -2.03. The molecule has 0 aliphatic rings. The number of rotatable bonds is 5. The van der Waals surface area contributed by atoms with Crippen molar-refractivity contribution >= 4 is 34.2 Å². The van der Waals surface area contributed by atoms with Gasteiger partial charge in [-0.1, -0.05) is 12.1 Å². The molecule has 0 saturated carbocycles. The van der Waals surface area contributed by atoms with Crippen molar-refractivity contribution < 1.29 is 4.74 Å². The fourth-order valence-corrected chi connectivity index (χ4v) is 2.96. The number of nitrogens with one attached hydrogen (secondary N) is 2. The number of hydrogen-bond donors (Lipinski definition) is 2. The van der Waals surface area contributed by atoms with Gasteiger partial charge in [0.1, 0.15) is 11.6 Å². The number of ether oxygens (including phenoxy) is 1. The summed E-state index contributed by atoms with van der Waals surface area (Å²) in [6.45, 7) is 4.19. The normalized spacial score (nSPS) is 10.9. The number of benzene rings is 2. The van der Waals surface area contributed by atoms with Gasteiger partial charge in [0.15, 0.2) is 5.65 Å².